The number of aliphatic carboxylic acids is 1. The Morgan fingerprint density at radius 1 is 1.39 bits per heavy atom. The molecule has 0 atom stereocenters. The molecule has 2 rings (SSSR count). The summed E-state index contributed by atoms with van der Waals surface area (Å²) in [6, 6.07) is 2.14. The molecule has 1 aliphatic carbocycles. The van der Waals surface area contributed by atoms with Crippen LogP contribution >= 0.6 is 0 Å². The van der Waals surface area contributed by atoms with E-state index in [1.165, 1.54) is 0 Å². The van der Waals surface area contributed by atoms with Crippen molar-refractivity contribution in [1.82, 2.24) is 0 Å². The van der Waals surface area contributed by atoms with Gasteiger partial charge in [-0.3, -0.25) is 4.79 Å². The van der Waals surface area contributed by atoms with E-state index in [-0.39, 0.29) is 18.4 Å². The van der Waals surface area contributed by atoms with Crippen LogP contribution in [0.15, 0.2) is 17.0 Å². The number of phenols is 1. The highest BCUT2D eigenvalue weighted by atomic mass is 32.2. The molecule has 18 heavy (non-hydrogen) atoms. The quantitative estimate of drug-likeness (QED) is 0.859. The smallest absolute Gasteiger partial charge is 0.314 e. The van der Waals surface area contributed by atoms with Crippen LogP contribution in [0.25, 0.3) is 0 Å². The van der Waals surface area contributed by atoms with Gasteiger partial charge < -0.3 is 10.2 Å². The molecule has 0 radical (unpaired) electrons. The van der Waals surface area contributed by atoms with Gasteiger partial charge in [0.05, 0.1) is 5.41 Å². The molecule has 1 aromatic rings. The van der Waals surface area contributed by atoms with E-state index in [1.54, 1.807) is 0 Å². The van der Waals surface area contributed by atoms with Crippen LogP contribution in [0.3, 0.4) is 0 Å². The number of rotatable bonds is 3. The third kappa shape index (κ3) is 1.74. The van der Waals surface area contributed by atoms with Crippen LogP contribution in [-0.2, 0) is 20.0 Å². The number of hydrogen-bond acceptors (Lipinski definition) is 4. The van der Waals surface area contributed by atoms with E-state index in [0.29, 0.717) is 0 Å². The zero-order valence-corrected chi connectivity index (χ0v) is 10.3. The Hall–Kier alpha value is -1.63. The first-order valence-electron chi connectivity index (χ1n) is 5.15. The van der Waals surface area contributed by atoms with Gasteiger partial charge in [-0.15, -0.1) is 0 Å². The highest BCUT2D eigenvalue weighted by Crippen LogP contribution is 2.50. The van der Waals surface area contributed by atoms with Crippen molar-refractivity contribution < 1.29 is 27.8 Å². The molecule has 2 N–H and O–H groups in total. The van der Waals surface area contributed by atoms with Gasteiger partial charge in [0.25, 0.3) is 0 Å². The summed E-state index contributed by atoms with van der Waals surface area (Å²) in [5, 5.41) is 18.5. The Labute approximate surface area is 103 Å². The minimum Gasteiger partial charge on any atom is -0.506 e. The first-order valence-corrected chi connectivity index (χ1v) is 7.05. The summed E-state index contributed by atoms with van der Waals surface area (Å²) in [5.41, 5.74) is -1.54. The maximum atomic E-state index is 14.1. The fourth-order valence-electron chi connectivity index (χ4n) is 1.99. The van der Waals surface area contributed by atoms with E-state index in [1.807, 2.05) is 0 Å². The third-order valence-electron chi connectivity index (χ3n) is 3.12. The number of phenolic OH excluding ortho intramolecular Hbond substituents is 1. The number of carboxylic acid groups (broad SMARTS) is 1. The van der Waals surface area contributed by atoms with Gasteiger partial charge in [0.2, 0.25) is 0 Å². The van der Waals surface area contributed by atoms with Crippen LogP contribution in [0.5, 0.6) is 5.75 Å². The predicted octanol–water partition coefficient (Wildman–Crippen LogP) is 1.05. The standard InChI is InChI=1S/C11H11FO5S/c1-18(16,17)9-7(13)3-2-6(8(9)12)11(4-5-11)10(14)15/h2-3,13H,4-5H2,1H3,(H,14,15). The molecule has 7 heteroatoms. The van der Waals surface area contributed by atoms with Gasteiger partial charge in [-0.25, -0.2) is 12.8 Å². The predicted molar refractivity (Wildman–Crippen MR) is 59.7 cm³/mol. The minimum absolute atomic E-state index is 0.187. The number of halogens is 1. The molecule has 1 aromatic carbocycles. The van der Waals surface area contributed by atoms with Crippen molar-refractivity contribution in [2.45, 2.75) is 23.2 Å². The van der Waals surface area contributed by atoms with Crippen molar-refractivity contribution in [2.75, 3.05) is 6.26 Å². The zero-order valence-electron chi connectivity index (χ0n) is 9.47. The lowest BCUT2D eigenvalue weighted by atomic mass is 9.95. The summed E-state index contributed by atoms with van der Waals surface area (Å²) in [5.74, 6) is -3.07. The van der Waals surface area contributed by atoms with Gasteiger partial charge in [-0.05, 0) is 18.9 Å². The lowest BCUT2D eigenvalue weighted by Gasteiger charge is -2.14. The fraction of sp³-hybridized carbons (Fsp3) is 0.364. The number of carbonyl (C=O) groups is 1. The molecule has 98 valence electrons. The molecule has 0 aromatic heterocycles. The van der Waals surface area contributed by atoms with Crippen LogP contribution < -0.4 is 0 Å². The van der Waals surface area contributed by atoms with Crippen LogP contribution in [0.1, 0.15) is 18.4 Å². The summed E-state index contributed by atoms with van der Waals surface area (Å²) in [7, 11) is -3.96. The average molecular weight is 274 g/mol. The molecule has 0 amide bonds. The van der Waals surface area contributed by atoms with Crippen molar-refractivity contribution in [3.05, 3.63) is 23.5 Å². The lowest BCUT2D eigenvalue weighted by Crippen LogP contribution is -2.22. The SMILES string of the molecule is CS(=O)(=O)c1c(O)ccc(C2(C(=O)O)CC2)c1F. The lowest BCUT2D eigenvalue weighted by molar-refractivity contribution is -0.140. The van der Waals surface area contributed by atoms with Crippen molar-refractivity contribution in [2.24, 2.45) is 0 Å². The molecule has 0 heterocycles. The van der Waals surface area contributed by atoms with Gasteiger partial charge in [0, 0.05) is 11.8 Å². The summed E-state index contributed by atoms with van der Waals surface area (Å²) in [6.45, 7) is 0. The van der Waals surface area contributed by atoms with E-state index in [4.69, 9.17) is 5.11 Å². The highest BCUT2D eigenvalue weighted by Gasteiger charge is 2.54. The van der Waals surface area contributed by atoms with Crippen LogP contribution in [0, 0.1) is 5.82 Å². The molecule has 0 bridgehead atoms. The Morgan fingerprint density at radius 3 is 2.33 bits per heavy atom. The molecule has 1 fully saturated rings. The van der Waals surface area contributed by atoms with Crippen molar-refractivity contribution in [3.8, 4) is 5.75 Å². The second kappa shape index (κ2) is 3.68. The Kier molecular flexibility index (Phi) is 2.62. The van der Waals surface area contributed by atoms with Gasteiger partial charge >= 0.3 is 5.97 Å². The van der Waals surface area contributed by atoms with Crippen LogP contribution in [-0.4, -0.2) is 30.9 Å². The number of aromatic hydroxyl groups is 1. The Balaban J connectivity index is 2.71. The van der Waals surface area contributed by atoms with Gasteiger partial charge in [-0.1, -0.05) is 6.07 Å². The maximum Gasteiger partial charge on any atom is 0.314 e. The number of sulfone groups is 1. The van der Waals surface area contributed by atoms with Crippen molar-refractivity contribution in [3.63, 3.8) is 0 Å². The number of benzene rings is 1. The third-order valence-corrected chi connectivity index (χ3v) is 4.25. The zero-order chi connectivity index (χ0) is 13.7. The molecule has 0 aliphatic heterocycles. The first kappa shape index (κ1) is 12.8. The first-order chi connectivity index (χ1) is 8.20. The van der Waals surface area contributed by atoms with E-state index >= 15 is 0 Å². The monoisotopic (exact) mass is 274 g/mol. The molecular weight excluding hydrogens is 263 g/mol. The molecule has 0 saturated heterocycles. The van der Waals surface area contributed by atoms with E-state index in [9.17, 15) is 22.7 Å². The minimum atomic E-state index is -3.96. The van der Waals surface area contributed by atoms with Crippen molar-refractivity contribution >= 4 is 15.8 Å². The molecule has 5 nitrogen and oxygen atoms in total. The number of carboxylic acids is 1. The number of hydrogen-bond donors (Lipinski definition) is 2. The van der Waals surface area contributed by atoms with Gasteiger partial charge in [0.15, 0.2) is 9.84 Å². The Morgan fingerprint density at radius 2 is 1.94 bits per heavy atom. The van der Waals surface area contributed by atoms with E-state index in [0.717, 1.165) is 18.4 Å². The molecule has 1 aliphatic rings. The summed E-state index contributed by atoms with van der Waals surface area (Å²) < 4.78 is 36.9. The molecule has 0 spiro atoms. The topological polar surface area (TPSA) is 91.7 Å². The maximum absolute atomic E-state index is 14.1. The molecule has 1 saturated carbocycles. The Bertz CT molecular complexity index is 631. The van der Waals surface area contributed by atoms with Gasteiger partial charge in [0.1, 0.15) is 16.5 Å². The van der Waals surface area contributed by atoms with Crippen LogP contribution in [0.2, 0.25) is 0 Å². The van der Waals surface area contributed by atoms with E-state index in [2.05, 4.69) is 0 Å². The molecule has 0 unspecified atom stereocenters. The largest absolute Gasteiger partial charge is 0.506 e. The fourth-order valence-corrected chi connectivity index (χ4v) is 2.88. The van der Waals surface area contributed by atoms with Crippen molar-refractivity contribution in [1.29, 1.82) is 0 Å². The second-order valence-corrected chi connectivity index (χ2v) is 6.39. The van der Waals surface area contributed by atoms with E-state index < -0.39 is 37.7 Å². The summed E-state index contributed by atoms with van der Waals surface area (Å²) >= 11 is 0. The second-order valence-electron chi connectivity index (χ2n) is 4.43. The van der Waals surface area contributed by atoms with Crippen LogP contribution in [0.4, 0.5) is 4.39 Å². The average Bonchev–Trinajstić information content (AvgIpc) is 2.96. The summed E-state index contributed by atoms with van der Waals surface area (Å²) in [6.07, 6.45) is 1.27. The summed E-state index contributed by atoms with van der Waals surface area (Å²) in [4.78, 5) is 10.3. The normalized spacial score (nSPS) is 17.4. The van der Waals surface area contributed by atoms with Gasteiger partial charge in [-0.2, -0.15) is 0 Å². The highest BCUT2D eigenvalue weighted by molar-refractivity contribution is 7.90. The molecular formula is C11H11FO5S.